The van der Waals surface area contributed by atoms with Gasteiger partial charge in [0.2, 0.25) is 0 Å². The van der Waals surface area contributed by atoms with Crippen LogP contribution in [0.1, 0.15) is 29.2 Å². The molecular formula is C16H11ClF4O2. The van der Waals surface area contributed by atoms with Gasteiger partial charge in [0.05, 0.1) is 16.7 Å². The summed E-state index contributed by atoms with van der Waals surface area (Å²) in [7, 11) is 0. The van der Waals surface area contributed by atoms with Gasteiger partial charge in [-0.05, 0) is 48.2 Å². The molecule has 1 N–H and O–H groups in total. The van der Waals surface area contributed by atoms with Crippen molar-refractivity contribution >= 4 is 11.6 Å². The Labute approximate surface area is 134 Å². The smallest absolute Gasteiger partial charge is 0.416 e. The van der Waals surface area contributed by atoms with Crippen LogP contribution in [-0.4, -0.2) is 5.11 Å². The Balaban J connectivity index is 1.93. The van der Waals surface area contributed by atoms with Crippen LogP contribution in [0.5, 0.6) is 11.5 Å². The summed E-state index contributed by atoms with van der Waals surface area (Å²) < 4.78 is 57.0. The Kier molecular flexibility index (Phi) is 3.98. The number of aliphatic hydroxyl groups excluding tert-OH is 1. The summed E-state index contributed by atoms with van der Waals surface area (Å²) in [6.45, 7) is 0. The van der Waals surface area contributed by atoms with Crippen LogP contribution in [0.4, 0.5) is 17.6 Å². The number of ether oxygens (including phenoxy) is 1. The molecule has 3 rings (SSSR count). The molecule has 0 aromatic heterocycles. The van der Waals surface area contributed by atoms with E-state index >= 15 is 0 Å². The number of hydrogen-bond donors (Lipinski definition) is 1. The third-order valence-electron chi connectivity index (χ3n) is 3.71. The first-order valence-corrected chi connectivity index (χ1v) is 7.18. The average Bonchev–Trinajstić information content (AvgIpc) is 2.83. The lowest BCUT2D eigenvalue weighted by atomic mass is 10.1. The van der Waals surface area contributed by atoms with Crippen LogP contribution in [0.15, 0.2) is 30.3 Å². The topological polar surface area (TPSA) is 29.5 Å². The highest BCUT2D eigenvalue weighted by atomic mass is 35.5. The highest BCUT2D eigenvalue weighted by molar-refractivity contribution is 6.32. The van der Waals surface area contributed by atoms with Crippen LogP contribution in [0.2, 0.25) is 5.02 Å². The Hall–Kier alpha value is -1.79. The maximum absolute atomic E-state index is 13.9. The van der Waals surface area contributed by atoms with Gasteiger partial charge in [-0.15, -0.1) is 0 Å². The molecule has 1 aliphatic carbocycles. The van der Waals surface area contributed by atoms with E-state index < -0.39 is 34.4 Å². The van der Waals surface area contributed by atoms with E-state index in [9.17, 15) is 22.7 Å². The van der Waals surface area contributed by atoms with Gasteiger partial charge >= 0.3 is 6.18 Å². The molecule has 0 saturated heterocycles. The lowest BCUT2D eigenvalue weighted by Gasteiger charge is -2.13. The van der Waals surface area contributed by atoms with E-state index in [1.807, 2.05) is 0 Å². The van der Waals surface area contributed by atoms with Crippen molar-refractivity contribution < 1.29 is 27.4 Å². The van der Waals surface area contributed by atoms with Gasteiger partial charge in [0.15, 0.2) is 11.6 Å². The first kappa shape index (κ1) is 16.1. The third-order valence-corrected chi connectivity index (χ3v) is 3.99. The monoisotopic (exact) mass is 346 g/mol. The Morgan fingerprint density at radius 1 is 1.17 bits per heavy atom. The summed E-state index contributed by atoms with van der Waals surface area (Å²) in [5, 5.41) is 9.35. The number of fused-ring (bicyclic) bond motifs is 1. The fourth-order valence-electron chi connectivity index (χ4n) is 2.56. The van der Waals surface area contributed by atoms with E-state index in [4.69, 9.17) is 16.3 Å². The maximum atomic E-state index is 13.9. The van der Waals surface area contributed by atoms with Crippen LogP contribution in [-0.2, 0) is 12.6 Å². The molecule has 0 saturated carbocycles. The molecule has 2 aromatic rings. The molecule has 2 aromatic carbocycles. The molecule has 0 unspecified atom stereocenters. The number of halogens is 5. The predicted molar refractivity (Wildman–Crippen MR) is 76.2 cm³/mol. The van der Waals surface area contributed by atoms with Gasteiger partial charge in [-0.1, -0.05) is 17.7 Å². The number of aryl methyl sites for hydroxylation is 1. The second-order valence-electron chi connectivity index (χ2n) is 5.28. The highest BCUT2D eigenvalue weighted by Gasteiger charge is 2.32. The van der Waals surface area contributed by atoms with E-state index in [-0.39, 0.29) is 5.75 Å². The Morgan fingerprint density at radius 3 is 2.57 bits per heavy atom. The van der Waals surface area contributed by atoms with Crippen LogP contribution >= 0.6 is 11.6 Å². The van der Waals surface area contributed by atoms with Crippen LogP contribution in [0, 0.1) is 5.82 Å². The van der Waals surface area contributed by atoms with E-state index in [0.29, 0.717) is 24.1 Å². The Morgan fingerprint density at radius 2 is 1.91 bits per heavy atom. The number of aliphatic hydroxyl groups is 1. The minimum atomic E-state index is -4.69. The van der Waals surface area contributed by atoms with E-state index in [0.717, 1.165) is 12.0 Å². The van der Waals surface area contributed by atoms with Crippen molar-refractivity contribution in [1.29, 1.82) is 0 Å². The normalized spacial score (nSPS) is 17.2. The largest absolute Gasteiger partial charge is 0.453 e. The Bertz CT molecular complexity index is 735. The summed E-state index contributed by atoms with van der Waals surface area (Å²) in [5.41, 5.74) is 0.450. The number of alkyl halides is 3. The predicted octanol–water partition coefficient (Wildman–Crippen LogP) is 5.27. The molecule has 0 fully saturated rings. The molecule has 7 heteroatoms. The van der Waals surface area contributed by atoms with E-state index in [1.54, 1.807) is 18.2 Å². The fraction of sp³-hybridized carbons (Fsp3) is 0.250. The van der Waals surface area contributed by atoms with E-state index in [1.165, 1.54) is 0 Å². The minimum Gasteiger partial charge on any atom is -0.453 e. The lowest BCUT2D eigenvalue weighted by Crippen LogP contribution is -2.06. The zero-order valence-electron chi connectivity index (χ0n) is 11.6. The van der Waals surface area contributed by atoms with Crippen LogP contribution < -0.4 is 4.74 Å². The molecule has 122 valence electrons. The van der Waals surface area contributed by atoms with Crippen molar-refractivity contribution in [2.24, 2.45) is 0 Å². The molecule has 0 aliphatic heterocycles. The first-order chi connectivity index (χ1) is 10.8. The standard InChI is InChI=1S/C16H11ClF4O2/c17-12-5-9(16(19,20)21)6-13(18)15(12)23-10-3-1-8-2-4-14(22)11(8)7-10/h1,3,5-7,14,22H,2,4H2/t14-/m0/s1. The van der Waals surface area contributed by atoms with Gasteiger partial charge in [0.25, 0.3) is 0 Å². The van der Waals surface area contributed by atoms with Crippen molar-refractivity contribution in [2.75, 3.05) is 0 Å². The maximum Gasteiger partial charge on any atom is 0.416 e. The van der Waals surface area contributed by atoms with Gasteiger partial charge in [-0.3, -0.25) is 0 Å². The zero-order chi connectivity index (χ0) is 16.8. The third kappa shape index (κ3) is 3.14. The summed E-state index contributed by atoms with van der Waals surface area (Å²) in [4.78, 5) is 0. The van der Waals surface area contributed by atoms with Crippen molar-refractivity contribution in [3.05, 3.63) is 57.9 Å². The summed E-state index contributed by atoms with van der Waals surface area (Å²) in [5.74, 6) is -1.48. The molecule has 0 heterocycles. The average molecular weight is 347 g/mol. The number of benzene rings is 2. The molecule has 1 atom stereocenters. The SMILES string of the molecule is O[C@H]1CCc2ccc(Oc3c(F)cc(C(F)(F)F)cc3Cl)cc21. The van der Waals surface area contributed by atoms with Crippen molar-refractivity contribution in [1.82, 2.24) is 0 Å². The second-order valence-corrected chi connectivity index (χ2v) is 5.69. The van der Waals surface area contributed by atoms with Crippen molar-refractivity contribution in [3.63, 3.8) is 0 Å². The lowest BCUT2D eigenvalue weighted by molar-refractivity contribution is -0.137. The van der Waals surface area contributed by atoms with Gasteiger partial charge in [-0.2, -0.15) is 13.2 Å². The molecule has 23 heavy (non-hydrogen) atoms. The summed E-state index contributed by atoms with van der Waals surface area (Å²) in [6.07, 6.45) is -4.00. The molecule has 1 aliphatic rings. The van der Waals surface area contributed by atoms with Crippen LogP contribution in [0.25, 0.3) is 0 Å². The molecule has 2 nitrogen and oxygen atoms in total. The molecular weight excluding hydrogens is 336 g/mol. The van der Waals surface area contributed by atoms with E-state index in [2.05, 4.69) is 0 Å². The molecule has 0 amide bonds. The number of rotatable bonds is 2. The summed E-state index contributed by atoms with van der Waals surface area (Å²) in [6, 6.07) is 5.78. The first-order valence-electron chi connectivity index (χ1n) is 6.80. The molecule has 0 radical (unpaired) electrons. The van der Waals surface area contributed by atoms with Gasteiger partial charge in [0.1, 0.15) is 5.75 Å². The van der Waals surface area contributed by atoms with Gasteiger partial charge < -0.3 is 9.84 Å². The highest BCUT2D eigenvalue weighted by Crippen LogP contribution is 2.40. The van der Waals surface area contributed by atoms with Crippen molar-refractivity contribution in [2.45, 2.75) is 25.1 Å². The van der Waals surface area contributed by atoms with Gasteiger partial charge in [0, 0.05) is 0 Å². The number of hydrogen-bond acceptors (Lipinski definition) is 2. The molecule has 0 bridgehead atoms. The summed E-state index contributed by atoms with van der Waals surface area (Å²) >= 11 is 5.72. The van der Waals surface area contributed by atoms with Crippen LogP contribution in [0.3, 0.4) is 0 Å². The molecule has 0 spiro atoms. The van der Waals surface area contributed by atoms with Crippen molar-refractivity contribution in [3.8, 4) is 11.5 Å². The fourth-order valence-corrected chi connectivity index (χ4v) is 2.81. The zero-order valence-corrected chi connectivity index (χ0v) is 12.4. The quantitative estimate of drug-likeness (QED) is 0.751. The van der Waals surface area contributed by atoms with Gasteiger partial charge in [-0.25, -0.2) is 4.39 Å². The second kappa shape index (κ2) is 5.69. The minimum absolute atomic E-state index is 0.199.